The van der Waals surface area contributed by atoms with Crippen molar-refractivity contribution in [3.8, 4) is 0 Å². The first-order chi connectivity index (χ1) is 10.2. The Kier molecular flexibility index (Phi) is 3.96. The van der Waals surface area contributed by atoms with Gasteiger partial charge in [0.15, 0.2) is 0 Å². The minimum absolute atomic E-state index is 0.616. The highest BCUT2D eigenvalue weighted by Gasteiger charge is 2.17. The highest BCUT2D eigenvalue weighted by molar-refractivity contribution is 5.66. The summed E-state index contributed by atoms with van der Waals surface area (Å²) in [6.07, 6.45) is 7.02. The summed E-state index contributed by atoms with van der Waals surface area (Å²) in [6.45, 7) is 2.56. The predicted molar refractivity (Wildman–Crippen MR) is 80.7 cm³/mol. The van der Waals surface area contributed by atoms with Crippen LogP contribution in [0.2, 0.25) is 0 Å². The first-order valence-corrected chi connectivity index (χ1v) is 7.04. The van der Waals surface area contributed by atoms with Crippen LogP contribution in [0, 0.1) is 0 Å². The van der Waals surface area contributed by atoms with Crippen molar-refractivity contribution in [3.05, 3.63) is 42.1 Å². The number of hydrogen-bond donors (Lipinski definition) is 0. The Morgan fingerprint density at radius 3 is 3.00 bits per heavy atom. The summed E-state index contributed by atoms with van der Waals surface area (Å²) in [6, 6.07) is 4.07. The van der Waals surface area contributed by atoms with Gasteiger partial charge in [0.2, 0.25) is 5.89 Å². The quantitative estimate of drug-likeness (QED) is 0.854. The van der Waals surface area contributed by atoms with Crippen molar-refractivity contribution in [2.75, 3.05) is 32.1 Å². The fraction of sp³-hybridized carbons (Fsp3) is 0.400. The Bertz CT molecular complexity index is 620. The van der Waals surface area contributed by atoms with Gasteiger partial charge in [0, 0.05) is 39.6 Å². The number of aromatic nitrogens is 3. The van der Waals surface area contributed by atoms with Gasteiger partial charge in [0.05, 0.1) is 6.54 Å². The van der Waals surface area contributed by atoms with Crippen molar-refractivity contribution in [1.29, 1.82) is 0 Å². The number of pyridine rings is 1. The van der Waals surface area contributed by atoms with Gasteiger partial charge >= 0.3 is 0 Å². The van der Waals surface area contributed by atoms with E-state index in [0.717, 1.165) is 19.5 Å². The SMILES string of the molecule is CN(C)c1noc(CN2CCC=C(c3cccnc3)C2)n1. The van der Waals surface area contributed by atoms with E-state index in [1.165, 1.54) is 11.1 Å². The first kappa shape index (κ1) is 13.8. The van der Waals surface area contributed by atoms with Gasteiger partial charge in [0.25, 0.3) is 5.95 Å². The average Bonchev–Trinajstić information content (AvgIpc) is 2.97. The molecule has 21 heavy (non-hydrogen) atoms. The highest BCUT2D eigenvalue weighted by atomic mass is 16.5. The Balaban J connectivity index is 1.66. The van der Waals surface area contributed by atoms with Crippen LogP contribution in [-0.4, -0.2) is 47.2 Å². The molecule has 0 atom stereocenters. The first-order valence-electron chi connectivity index (χ1n) is 7.04. The number of rotatable bonds is 4. The van der Waals surface area contributed by atoms with Gasteiger partial charge in [-0.2, -0.15) is 4.98 Å². The maximum Gasteiger partial charge on any atom is 0.265 e. The standard InChI is InChI=1S/C15H19N5O/c1-19(2)15-17-14(21-18-15)11-20-8-4-6-13(10-20)12-5-3-7-16-9-12/h3,5-7,9H,4,8,10-11H2,1-2H3. The molecule has 2 aromatic heterocycles. The average molecular weight is 285 g/mol. The second kappa shape index (κ2) is 6.05. The van der Waals surface area contributed by atoms with Crippen molar-refractivity contribution >= 4 is 11.5 Å². The van der Waals surface area contributed by atoms with Gasteiger partial charge < -0.3 is 9.42 Å². The maximum absolute atomic E-state index is 5.29. The summed E-state index contributed by atoms with van der Waals surface area (Å²) < 4.78 is 5.29. The molecule has 0 saturated heterocycles. The molecular weight excluding hydrogens is 266 g/mol. The van der Waals surface area contributed by atoms with Crippen LogP contribution in [0.15, 0.2) is 35.1 Å². The van der Waals surface area contributed by atoms with Crippen molar-refractivity contribution in [2.24, 2.45) is 0 Å². The third kappa shape index (κ3) is 3.28. The van der Waals surface area contributed by atoms with Gasteiger partial charge in [-0.15, -0.1) is 0 Å². The van der Waals surface area contributed by atoms with Crippen LogP contribution in [0.25, 0.3) is 5.57 Å². The van der Waals surface area contributed by atoms with Crippen LogP contribution in [0.5, 0.6) is 0 Å². The fourth-order valence-corrected chi connectivity index (χ4v) is 2.39. The van der Waals surface area contributed by atoms with Crippen molar-refractivity contribution in [3.63, 3.8) is 0 Å². The van der Waals surface area contributed by atoms with E-state index in [1.807, 2.05) is 31.3 Å². The molecule has 0 spiro atoms. The summed E-state index contributed by atoms with van der Waals surface area (Å²) in [5.41, 5.74) is 2.49. The summed E-state index contributed by atoms with van der Waals surface area (Å²) in [5, 5.41) is 3.95. The van der Waals surface area contributed by atoms with Gasteiger partial charge in [0.1, 0.15) is 0 Å². The van der Waals surface area contributed by atoms with E-state index in [1.54, 1.807) is 6.20 Å². The Hall–Kier alpha value is -2.21. The minimum Gasteiger partial charge on any atom is -0.344 e. The van der Waals surface area contributed by atoms with Crippen LogP contribution in [-0.2, 0) is 6.54 Å². The lowest BCUT2D eigenvalue weighted by Crippen LogP contribution is -2.29. The third-order valence-corrected chi connectivity index (χ3v) is 3.48. The lowest BCUT2D eigenvalue weighted by Gasteiger charge is -2.25. The van der Waals surface area contributed by atoms with E-state index < -0.39 is 0 Å². The molecule has 6 heteroatoms. The third-order valence-electron chi connectivity index (χ3n) is 3.48. The zero-order valence-corrected chi connectivity index (χ0v) is 12.4. The highest BCUT2D eigenvalue weighted by Crippen LogP contribution is 2.21. The summed E-state index contributed by atoms with van der Waals surface area (Å²) >= 11 is 0. The topological polar surface area (TPSA) is 58.3 Å². The van der Waals surface area contributed by atoms with Crippen LogP contribution < -0.4 is 4.90 Å². The van der Waals surface area contributed by atoms with E-state index in [2.05, 4.69) is 32.2 Å². The van der Waals surface area contributed by atoms with Crippen LogP contribution in [0.4, 0.5) is 5.95 Å². The molecular formula is C15H19N5O. The second-order valence-corrected chi connectivity index (χ2v) is 5.35. The normalized spacial score (nSPS) is 15.8. The molecule has 0 aromatic carbocycles. The van der Waals surface area contributed by atoms with Gasteiger partial charge in [-0.25, -0.2) is 0 Å². The van der Waals surface area contributed by atoms with Crippen LogP contribution in [0.3, 0.4) is 0 Å². The Labute approximate surface area is 124 Å². The predicted octanol–water partition coefficient (Wildman–Crippen LogP) is 1.82. The van der Waals surface area contributed by atoms with E-state index in [9.17, 15) is 0 Å². The van der Waals surface area contributed by atoms with Crippen molar-refractivity contribution in [2.45, 2.75) is 13.0 Å². The molecule has 3 rings (SSSR count). The molecule has 0 radical (unpaired) electrons. The van der Waals surface area contributed by atoms with E-state index >= 15 is 0 Å². The van der Waals surface area contributed by atoms with E-state index in [-0.39, 0.29) is 0 Å². The molecule has 2 aromatic rings. The molecule has 0 aliphatic carbocycles. The molecule has 0 N–H and O–H groups in total. The van der Waals surface area contributed by atoms with Crippen LogP contribution >= 0.6 is 0 Å². The molecule has 1 aliphatic rings. The Morgan fingerprint density at radius 1 is 1.38 bits per heavy atom. The smallest absolute Gasteiger partial charge is 0.265 e. The fourth-order valence-electron chi connectivity index (χ4n) is 2.39. The number of nitrogens with zero attached hydrogens (tertiary/aromatic N) is 5. The molecule has 6 nitrogen and oxygen atoms in total. The van der Waals surface area contributed by atoms with Crippen molar-refractivity contribution < 1.29 is 4.52 Å². The monoisotopic (exact) mass is 285 g/mol. The second-order valence-electron chi connectivity index (χ2n) is 5.35. The Morgan fingerprint density at radius 2 is 2.29 bits per heavy atom. The molecule has 110 valence electrons. The van der Waals surface area contributed by atoms with E-state index in [4.69, 9.17) is 4.52 Å². The van der Waals surface area contributed by atoms with Gasteiger partial charge in [-0.3, -0.25) is 9.88 Å². The zero-order chi connectivity index (χ0) is 14.7. The number of hydrogen-bond acceptors (Lipinski definition) is 6. The largest absolute Gasteiger partial charge is 0.344 e. The maximum atomic E-state index is 5.29. The molecule has 0 saturated carbocycles. The van der Waals surface area contributed by atoms with E-state index in [0.29, 0.717) is 18.4 Å². The van der Waals surface area contributed by atoms with Crippen LogP contribution in [0.1, 0.15) is 17.9 Å². The van der Waals surface area contributed by atoms with Gasteiger partial charge in [-0.1, -0.05) is 12.1 Å². The minimum atomic E-state index is 0.616. The van der Waals surface area contributed by atoms with Crippen molar-refractivity contribution in [1.82, 2.24) is 20.0 Å². The molecule has 0 fully saturated rings. The summed E-state index contributed by atoms with van der Waals surface area (Å²) in [4.78, 5) is 12.7. The summed E-state index contributed by atoms with van der Waals surface area (Å²) in [5.74, 6) is 1.27. The summed E-state index contributed by atoms with van der Waals surface area (Å²) in [7, 11) is 3.80. The molecule has 3 heterocycles. The lowest BCUT2D eigenvalue weighted by molar-refractivity contribution is 0.247. The molecule has 1 aliphatic heterocycles. The molecule has 0 bridgehead atoms. The lowest BCUT2D eigenvalue weighted by atomic mass is 10.0. The van der Waals surface area contributed by atoms with Gasteiger partial charge in [-0.05, 0) is 28.8 Å². The number of anilines is 1. The zero-order valence-electron chi connectivity index (χ0n) is 12.4. The molecule has 0 unspecified atom stereocenters. The molecule has 0 amide bonds.